The molecule has 23 heavy (non-hydrogen) atoms. The molecule has 1 aromatic rings. The molecule has 0 spiro atoms. The lowest BCUT2D eigenvalue weighted by molar-refractivity contribution is -0.244. The molecule has 4 heteroatoms. The molecule has 2 aliphatic heterocycles. The van der Waals surface area contributed by atoms with E-state index >= 15 is 0 Å². The van der Waals surface area contributed by atoms with Gasteiger partial charge in [0.1, 0.15) is 18.3 Å². The van der Waals surface area contributed by atoms with E-state index < -0.39 is 12.2 Å². The third kappa shape index (κ3) is 3.90. The standard InChI is InChI=1S/C19H24O4/c1-2-8-15-17(20)19(22-13-14-9-4-3-5-10-14)18-16(23-15)11-6-7-12-21-18/h2-7,9-10,15-20H,1,8,11-13H2/t15-,16+,17-,18+,19+/m1/s1. The van der Waals surface area contributed by atoms with E-state index in [9.17, 15) is 5.11 Å². The summed E-state index contributed by atoms with van der Waals surface area (Å²) in [4.78, 5) is 0. The van der Waals surface area contributed by atoms with Crippen molar-refractivity contribution in [2.75, 3.05) is 6.61 Å². The summed E-state index contributed by atoms with van der Waals surface area (Å²) in [5.41, 5.74) is 1.08. The van der Waals surface area contributed by atoms with E-state index in [1.807, 2.05) is 36.4 Å². The minimum absolute atomic E-state index is 0.0946. The fraction of sp³-hybridized carbons (Fsp3) is 0.474. The second kappa shape index (κ2) is 7.88. The number of aliphatic hydroxyl groups is 1. The normalized spacial score (nSPS) is 33.7. The van der Waals surface area contributed by atoms with Gasteiger partial charge in [-0.15, -0.1) is 6.58 Å². The van der Waals surface area contributed by atoms with E-state index in [0.717, 1.165) is 12.0 Å². The summed E-state index contributed by atoms with van der Waals surface area (Å²) < 4.78 is 18.0. The molecule has 3 rings (SSSR count). The molecule has 0 aliphatic carbocycles. The largest absolute Gasteiger partial charge is 0.388 e. The summed E-state index contributed by atoms with van der Waals surface area (Å²) in [6.07, 6.45) is 5.42. The molecule has 2 heterocycles. The maximum Gasteiger partial charge on any atom is 0.115 e. The van der Waals surface area contributed by atoms with Crippen LogP contribution in [0.5, 0.6) is 0 Å². The summed E-state index contributed by atoms with van der Waals surface area (Å²) in [6, 6.07) is 9.96. The highest BCUT2D eigenvalue weighted by Crippen LogP contribution is 2.31. The molecule has 1 fully saturated rings. The molecule has 5 atom stereocenters. The van der Waals surface area contributed by atoms with Crippen LogP contribution in [0, 0.1) is 0 Å². The molecule has 0 radical (unpaired) electrons. The molecule has 1 aromatic carbocycles. The Kier molecular flexibility index (Phi) is 5.62. The van der Waals surface area contributed by atoms with E-state index in [4.69, 9.17) is 14.2 Å². The fourth-order valence-electron chi connectivity index (χ4n) is 3.18. The summed E-state index contributed by atoms with van der Waals surface area (Å²) in [6.45, 7) is 4.72. The van der Waals surface area contributed by atoms with Crippen LogP contribution in [0.15, 0.2) is 55.1 Å². The van der Waals surface area contributed by atoms with Gasteiger partial charge in [-0.05, 0) is 18.4 Å². The maximum atomic E-state index is 10.7. The molecule has 0 amide bonds. The van der Waals surface area contributed by atoms with Crippen molar-refractivity contribution < 1.29 is 19.3 Å². The van der Waals surface area contributed by atoms with Gasteiger partial charge in [-0.3, -0.25) is 0 Å². The van der Waals surface area contributed by atoms with Gasteiger partial charge in [0, 0.05) is 0 Å². The number of benzene rings is 1. The fourth-order valence-corrected chi connectivity index (χ4v) is 3.18. The van der Waals surface area contributed by atoms with Gasteiger partial charge < -0.3 is 19.3 Å². The minimum atomic E-state index is -0.726. The van der Waals surface area contributed by atoms with Crippen LogP contribution in [0.3, 0.4) is 0 Å². The molecule has 2 aliphatic rings. The molecule has 0 bridgehead atoms. The third-order valence-corrected chi connectivity index (χ3v) is 4.36. The Morgan fingerprint density at radius 1 is 1.26 bits per heavy atom. The van der Waals surface area contributed by atoms with Crippen LogP contribution < -0.4 is 0 Å². The minimum Gasteiger partial charge on any atom is -0.388 e. The monoisotopic (exact) mass is 316 g/mol. The first-order valence-corrected chi connectivity index (χ1v) is 8.16. The maximum absolute atomic E-state index is 10.7. The topological polar surface area (TPSA) is 47.9 Å². The number of hydrogen-bond acceptors (Lipinski definition) is 4. The van der Waals surface area contributed by atoms with Crippen LogP contribution >= 0.6 is 0 Å². The Hall–Kier alpha value is -1.46. The zero-order valence-corrected chi connectivity index (χ0v) is 13.2. The molecule has 0 aromatic heterocycles. The highest BCUT2D eigenvalue weighted by atomic mass is 16.6. The third-order valence-electron chi connectivity index (χ3n) is 4.36. The first kappa shape index (κ1) is 16.4. The Morgan fingerprint density at radius 3 is 2.87 bits per heavy atom. The van der Waals surface area contributed by atoms with Crippen LogP contribution in [0.2, 0.25) is 0 Å². The van der Waals surface area contributed by atoms with Crippen molar-refractivity contribution in [3.05, 3.63) is 60.7 Å². The van der Waals surface area contributed by atoms with E-state index in [1.54, 1.807) is 6.08 Å². The second-order valence-electron chi connectivity index (χ2n) is 5.99. The van der Waals surface area contributed by atoms with Crippen molar-refractivity contribution >= 4 is 0 Å². The second-order valence-corrected chi connectivity index (χ2v) is 5.99. The van der Waals surface area contributed by atoms with Crippen molar-refractivity contribution in [1.82, 2.24) is 0 Å². The summed E-state index contributed by atoms with van der Waals surface area (Å²) in [5, 5.41) is 10.7. The quantitative estimate of drug-likeness (QED) is 0.848. The van der Waals surface area contributed by atoms with Crippen LogP contribution in [-0.2, 0) is 20.8 Å². The number of rotatable bonds is 5. The summed E-state index contributed by atoms with van der Waals surface area (Å²) >= 11 is 0. The van der Waals surface area contributed by atoms with Crippen LogP contribution in [-0.4, -0.2) is 42.2 Å². The van der Waals surface area contributed by atoms with Gasteiger partial charge in [0.2, 0.25) is 0 Å². The Labute approximate surface area is 137 Å². The predicted molar refractivity (Wildman–Crippen MR) is 88.0 cm³/mol. The lowest BCUT2D eigenvalue weighted by atomic mass is 9.91. The van der Waals surface area contributed by atoms with Gasteiger partial charge in [-0.2, -0.15) is 0 Å². The van der Waals surface area contributed by atoms with Gasteiger partial charge in [0.05, 0.1) is 25.4 Å². The van der Waals surface area contributed by atoms with Crippen LogP contribution in [0.25, 0.3) is 0 Å². The molecular formula is C19H24O4. The van der Waals surface area contributed by atoms with Crippen molar-refractivity contribution in [2.24, 2.45) is 0 Å². The number of hydrogen-bond donors (Lipinski definition) is 1. The SMILES string of the molecule is C=CC[C@H]1O[C@H]2CC=CCO[C@@H]2[C@@H](OCc2ccccc2)[C@@H]1O. The number of fused-ring (bicyclic) bond motifs is 1. The smallest absolute Gasteiger partial charge is 0.115 e. The number of aliphatic hydroxyl groups excluding tert-OH is 1. The lowest BCUT2D eigenvalue weighted by Crippen LogP contribution is -2.58. The van der Waals surface area contributed by atoms with Crippen molar-refractivity contribution in [2.45, 2.75) is 50.0 Å². The van der Waals surface area contributed by atoms with Crippen molar-refractivity contribution in [3.63, 3.8) is 0 Å². The molecule has 4 nitrogen and oxygen atoms in total. The Balaban J connectivity index is 1.73. The Morgan fingerprint density at radius 2 is 2.09 bits per heavy atom. The molecule has 0 saturated carbocycles. The first-order chi connectivity index (χ1) is 11.3. The van der Waals surface area contributed by atoms with E-state index in [1.165, 1.54) is 0 Å². The molecular weight excluding hydrogens is 292 g/mol. The first-order valence-electron chi connectivity index (χ1n) is 8.16. The average molecular weight is 316 g/mol. The molecule has 0 unspecified atom stereocenters. The van der Waals surface area contributed by atoms with Gasteiger partial charge >= 0.3 is 0 Å². The Bertz CT molecular complexity index is 527. The van der Waals surface area contributed by atoms with Gasteiger partial charge in [0.15, 0.2) is 0 Å². The van der Waals surface area contributed by atoms with E-state index in [2.05, 4.69) is 12.7 Å². The van der Waals surface area contributed by atoms with Crippen LogP contribution in [0.4, 0.5) is 0 Å². The van der Waals surface area contributed by atoms with Crippen LogP contribution in [0.1, 0.15) is 18.4 Å². The van der Waals surface area contributed by atoms with E-state index in [-0.39, 0.29) is 18.3 Å². The van der Waals surface area contributed by atoms with Gasteiger partial charge in [-0.1, -0.05) is 48.6 Å². The van der Waals surface area contributed by atoms with Gasteiger partial charge in [-0.25, -0.2) is 0 Å². The number of ether oxygens (including phenoxy) is 3. The zero-order valence-electron chi connectivity index (χ0n) is 13.2. The lowest BCUT2D eigenvalue weighted by Gasteiger charge is -2.43. The molecule has 1 saturated heterocycles. The predicted octanol–water partition coefficient (Wildman–Crippen LogP) is 2.62. The van der Waals surface area contributed by atoms with E-state index in [0.29, 0.717) is 19.6 Å². The van der Waals surface area contributed by atoms with Crippen molar-refractivity contribution in [1.29, 1.82) is 0 Å². The van der Waals surface area contributed by atoms with Crippen molar-refractivity contribution in [3.8, 4) is 0 Å². The molecule has 124 valence electrons. The summed E-state index contributed by atoms with van der Waals surface area (Å²) in [7, 11) is 0. The van der Waals surface area contributed by atoms with Gasteiger partial charge in [0.25, 0.3) is 0 Å². The molecule has 1 N–H and O–H groups in total. The highest BCUT2D eigenvalue weighted by Gasteiger charge is 2.46. The zero-order chi connectivity index (χ0) is 16.1. The average Bonchev–Trinajstić information content (AvgIpc) is 2.81. The highest BCUT2D eigenvalue weighted by molar-refractivity contribution is 5.13. The summed E-state index contributed by atoms with van der Waals surface area (Å²) in [5.74, 6) is 0.